The van der Waals surface area contributed by atoms with Crippen molar-refractivity contribution in [2.75, 3.05) is 19.9 Å². The summed E-state index contributed by atoms with van der Waals surface area (Å²) in [6, 6.07) is 4.18. The van der Waals surface area contributed by atoms with Crippen molar-refractivity contribution in [3.8, 4) is 0 Å². The maximum Gasteiger partial charge on any atom is 0.338 e. The molecule has 1 amide bonds. The van der Waals surface area contributed by atoms with Gasteiger partial charge in [-0.05, 0) is 24.6 Å². The maximum atomic E-state index is 11.8. The highest BCUT2D eigenvalue weighted by molar-refractivity contribution is 7.90. The van der Waals surface area contributed by atoms with Crippen LogP contribution >= 0.6 is 0 Å². The summed E-state index contributed by atoms with van der Waals surface area (Å²) in [4.78, 5) is 22.8. The molecule has 7 heteroatoms. The van der Waals surface area contributed by atoms with Crippen LogP contribution < -0.4 is 5.32 Å². The van der Waals surface area contributed by atoms with Crippen molar-refractivity contribution in [3.05, 3.63) is 29.3 Å². The summed E-state index contributed by atoms with van der Waals surface area (Å²) < 4.78 is 27.6. The van der Waals surface area contributed by atoms with Gasteiger partial charge in [0.2, 0.25) is 0 Å². The van der Waals surface area contributed by atoms with Crippen molar-refractivity contribution in [1.82, 2.24) is 5.32 Å². The first kappa shape index (κ1) is 15.2. The van der Waals surface area contributed by atoms with Gasteiger partial charge < -0.3 is 10.1 Å². The van der Waals surface area contributed by atoms with Crippen LogP contribution in [-0.2, 0) is 19.4 Å². The Labute approximate surface area is 111 Å². The molecule has 1 rings (SSSR count). The van der Waals surface area contributed by atoms with E-state index in [1.807, 2.05) is 0 Å². The lowest BCUT2D eigenvalue weighted by molar-refractivity contribution is -0.123. The third kappa shape index (κ3) is 4.06. The minimum atomic E-state index is -3.40. The van der Waals surface area contributed by atoms with E-state index in [1.54, 1.807) is 6.92 Å². The predicted octanol–water partition coefficient (Wildman–Crippen LogP) is 0.301. The van der Waals surface area contributed by atoms with E-state index >= 15 is 0 Å². The fraction of sp³-hybridized carbons (Fsp3) is 0.333. The summed E-state index contributed by atoms with van der Waals surface area (Å²) in [5, 5.41) is 2.31. The Bertz CT molecular complexity index is 607. The first-order chi connectivity index (χ1) is 8.75. The van der Waals surface area contributed by atoms with E-state index < -0.39 is 28.3 Å². The lowest BCUT2D eigenvalue weighted by Crippen LogP contribution is -2.25. The molecule has 0 saturated heterocycles. The van der Waals surface area contributed by atoms with Gasteiger partial charge >= 0.3 is 5.97 Å². The standard InChI is InChI=1S/C12H15NO5S/c1-8-4-5-9(19(3,16)17)6-10(8)12(15)18-7-11(14)13-2/h4-6H,7H2,1-3H3,(H,13,14). The highest BCUT2D eigenvalue weighted by Gasteiger charge is 2.16. The first-order valence-electron chi connectivity index (χ1n) is 5.44. The zero-order valence-corrected chi connectivity index (χ0v) is 11.7. The summed E-state index contributed by atoms with van der Waals surface area (Å²) in [6.07, 6.45) is 1.05. The summed E-state index contributed by atoms with van der Waals surface area (Å²) in [5.74, 6) is -1.17. The van der Waals surface area contributed by atoms with Crippen molar-refractivity contribution in [3.63, 3.8) is 0 Å². The van der Waals surface area contributed by atoms with Gasteiger partial charge in [-0.25, -0.2) is 13.2 Å². The smallest absolute Gasteiger partial charge is 0.338 e. The minimum Gasteiger partial charge on any atom is -0.452 e. The highest BCUT2D eigenvalue weighted by Crippen LogP contribution is 2.16. The van der Waals surface area contributed by atoms with Gasteiger partial charge in [-0.15, -0.1) is 0 Å². The number of aryl methyl sites for hydroxylation is 1. The molecule has 104 valence electrons. The van der Waals surface area contributed by atoms with E-state index in [4.69, 9.17) is 4.74 Å². The molecular weight excluding hydrogens is 270 g/mol. The van der Waals surface area contributed by atoms with Gasteiger partial charge in [0.15, 0.2) is 16.4 Å². The van der Waals surface area contributed by atoms with Crippen molar-refractivity contribution in [2.24, 2.45) is 0 Å². The van der Waals surface area contributed by atoms with E-state index in [0.29, 0.717) is 5.56 Å². The molecular formula is C12H15NO5S. The number of carbonyl (C=O) groups excluding carboxylic acids is 2. The molecule has 0 atom stereocenters. The molecule has 0 radical (unpaired) electrons. The topological polar surface area (TPSA) is 89.5 Å². The number of amides is 1. The molecule has 0 bridgehead atoms. The number of ether oxygens (including phenoxy) is 1. The van der Waals surface area contributed by atoms with Crippen molar-refractivity contribution in [1.29, 1.82) is 0 Å². The summed E-state index contributed by atoms with van der Waals surface area (Å²) >= 11 is 0. The fourth-order valence-corrected chi connectivity index (χ4v) is 1.98. The van der Waals surface area contributed by atoms with Gasteiger partial charge in [-0.3, -0.25) is 4.79 Å². The SMILES string of the molecule is CNC(=O)COC(=O)c1cc(S(C)(=O)=O)ccc1C. The molecule has 0 aliphatic carbocycles. The molecule has 1 aromatic carbocycles. The molecule has 0 aliphatic rings. The Morgan fingerprint density at radius 3 is 2.47 bits per heavy atom. The lowest BCUT2D eigenvalue weighted by Gasteiger charge is -2.08. The number of esters is 1. The average Bonchev–Trinajstić information content (AvgIpc) is 2.34. The second-order valence-corrected chi connectivity index (χ2v) is 6.01. The normalized spacial score (nSPS) is 10.9. The lowest BCUT2D eigenvalue weighted by atomic mass is 10.1. The summed E-state index contributed by atoms with van der Waals surface area (Å²) in [5.41, 5.74) is 0.709. The molecule has 0 aliphatic heterocycles. The van der Waals surface area contributed by atoms with Crippen molar-refractivity contribution < 1.29 is 22.7 Å². The molecule has 0 saturated carbocycles. The number of likely N-dealkylation sites (N-methyl/N-ethyl adjacent to an activating group) is 1. The maximum absolute atomic E-state index is 11.8. The Kier molecular flexibility index (Phi) is 4.66. The molecule has 0 heterocycles. The Morgan fingerprint density at radius 2 is 1.95 bits per heavy atom. The second kappa shape index (κ2) is 5.83. The largest absolute Gasteiger partial charge is 0.452 e. The van der Waals surface area contributed by atoms with Crippen LogP contribution in [-0.4, -0.2) is 40.2 Å². The van der Waals surface area contributed by atoms with Gasteiger partial charge in [-0.2, -0.15) is 0 Å². The van der Waals surface area contributed by atoms with Crippen LogP contribution in [0.15, 0.2) is 23.1 Å². The molecule has 1 aromatic rings. The van der Waals surface area contributed by atoms with Crippen LogP contribution in [0.5, 0.6) is 0 Å². The van der Waals surface area contributed by atoms with Crippen LogP contribution in [0.1, 0.15) is 15.9 Å². The summed E-state index contributed by atoms with van der Waals surface area (Å²) in [6.45, 7) is 1.25. The Hall–Kier alpha value is -1.89. The number of carbonyl (C=O) groups is 2. The first-order valence-corrected chi connectivity index (χ1v) is 7.33. The molecule has 0 aromatic heterocycles. The quantitative estimate of drug-likeness (QED) is 0.804. The third-order valence-corrected chi connectivity index (χ3v) is 3.58. The van der Waals surface area contributed by atoms with Crippen molar-refractivity contribution in [2.45, 2.75) is 11.8 Å². The zero-order chi connectivity index (χ0) is 14.6. The number of sulfone groups is 1. The van der Waals surface area contributed by atoms with Crippen LogP contribution in [0.3, 0.4) is 0 Å². The Balaban J connectivity index is 3.00. The number of nitrogens with one attached hydrogen (secondary N) is 1. The van der Waals surface area contributed by atoms with Crippen molar-refractivity contribution >= 4 is 21.7 Å². The van der Waals surface area contributed by atoms with Crippen LogP contribution in [0, 0.1) is 6.92 Å². The van der Waals surface area contributed by atoms with Gasteiger partial charge in [0.25, 0.3) is 5.91 Å². The van der Waals surface area contributed by atoms with E-state index in [-0.39, 0.29) is 10.5 Å². The second-order valence-electron chi connectivity index (χ2n) is 4.00. The monoisotopic (exact) mass is 285 g/mol. The third-order valence-electron chi connectivity index (χ3n) is 2.47. The van der Waals surface area contributed by atoms with E-state index in [9.17, 15) is 18.0 Å². The van der Waals surface area contributed by atoms with Crippen LogP contribution in [0.2, 0.25) is 0 Å². The number of rotatable bonds is 4. The predicted molar refractivity (Wildman–Crippen MR) is 68.6 cm³/mol. The van der Waals surface area contributed by atoms with Gasteiger partial charge in [0.1, 0.15) is 0 Å². The molecule has 6 nitrogen and oxygen atoms in total. The summed E-state index contributed by atoms with van der Waals surface area (Å²) in [7, 11) is -1.98. The molecule has 1 N–H and O–H groups in total. The van der Waals surface area contributed by atoms with E-state index in [0.717, 1.165) is 6.26 Å². The fourth-order valence-electron chi connectivity index (χ4n) is 1.33. The number of hydrogen-bond acceptors (Lipinski definition) is 5. The van der Waals surface area contributed by atoms with E-state index in [2.05, 4.69) is 5.32 Å². The van der Waals surface area contributed by atoms with Gasteiger partial charge in [0.05, 0.1) is 10.5 Å². The molecule has 0 unspecified atom stereocenters. The number of hydrogen-bond donors (Lipinski definition) is 1. The molecule has 19 heavy (non-hydrogen) atoms. The Morgan fingerprint density at radius 1 is 1.32 bits per heavy atom. The number of benzene rings is 1. The van der Waals surface area contributed by atoms with Crippen LogP contribution in [0.25, 0.3) is 0 Å². The van der Waals surface area contributed by atoms with Crippen LogP contribution in [0.4, 0.5) is 0 Å². The van der Waals surface area contributed by atoms with Gasteiger partial charge in [0, 0.05) is 13.3 Å². The van der Waals surface area contributed by atoms with E-state index in [1.165, 1.54) is 25.2 Å². The highest BCUT2D eigenvalue weighted by atomic mass is 32.2. The zero-order valence-electron chi connectivity index (χ0n) is 10.9. The van der Waals surface area contributed by atoms with Gasteiger partial charge in [-0.1, -0.05) is 6.07 Å². The molecule has 0 fully saturated rings. The minimum absolute atomic E-state index is 0.0324. The molecule has 0 spiro atoms. The average molecular weight is 285 g/mol.